The van der Waals surface area contributed by atoms with E-state index in [-0.39, 0.29) is 6.04 Å². The summed E-state index contributed by atoms with van der Waals surface area (Å²) in [5, 5.41) is 13.0. The first kappa shape index (κ1) is 18.4. The summed E-state index contributed by atoms with van der Waals surface area (Å²) in [5.41, 5.74) is 3.18. The Kier molecular flexibility index (Phi) is 5.40. The van der Waals surface area contributed by atoms with Gasteiger partial charge in [-0.25, -0.2) is 0 Å². The predicted molar refractivity (Wildman–Crippen MR) is 104 cm³/mol. The van der Waals surface area contributed by atoms with Gasteiger partial charge in [-0.3, -0.25) is 14.7 Å². The van der Waals surface area contributed by atoms with Gasteiger partial charge in [0.05, 0.1) is 24.4 Å². The number of carbonyl (C=O) groups excluding carboxylic acids is 2. The van der Waals surface area contributed by atoms with Gasteiger partial charge >= 0.3 is 11.8 Å². The molecule has 2 amide bonds. The van der Waals surface area contributed by atoms with Crippen molar-refractivity contribution < 1.29 is 14.3 Å². The Morgan fingerprint density at radius 2 is 2.00 bits per heavy atom. The fourth-order valence-corrected chi connectivity index (χ4v) is 2.84. The SMILES string of the molecule is CCOc1ccc(C)cc1C(C)NC(=O)C(=O)Nc1ccc2cn[nH]c2c1. The number of nitrogens with one attached hydrogen (secondary N) is 3. The van der Waals surface area contributed by atoms with Gasteiger partial charge in [-0.05, 0) is 45.0 Å². The second-order valence-electron chi connectivity index (χ2n) is 6.30. The van der Waals surface area contributed by atoms with Gasteiger partial charge in [0, 0.05) is 16.6 Å². The smallest absolute Gasteiger partial charge is 0.313 e. The number of rotatable bonds is 5. The lowest BCUT2D eigenvalue weighted by atomic mass is 10.0. The molecule has 0 aliphatic carbocycles. The number of amides is 2. The number of benzene rings is 2. The summed E-state index contributed by atoms with van der Waals surface area (Å²) < 4.78 is 5.62. The summed E-state index contributed by atoms with van der Waals surface area (Å²) in [7, 11) is 0. The Labute approximate surface area is 157 Å². The first-order valence-electron chi connectivity index (χ1n) is 8.76. The normalized spacial score (nSPS) is 11.8. The van der Waals surface area contributed by atoms with Crippen LogP contribution in [-0.2, 0) is 9.59 Å². The summed E-state index contributed by atoms with van der Waals surface area (Å²) in [6.45, 7) is 6.20. The van der Waals surface area contributed by atoms with Crippen LogP contribution in [0.15, 0.2) is 42.6 Å². The van der Waals surface area contributed by atoms with Crippen molar-refractivity contribution in [3.63, 3.8) is 0 Å². The molecule has 3 aromatic rings. The minimum absolute atomic E-state index is 0.375. The fraction of sp³-hybridized carbons (Fsp3) is 0.250. The molecule has 0 fully saturated rings. The van der Waals surface area contributed by atoms with Crippen molar-refractivity contribution in [3.05, 3.63) is 53.7 Å². The number of carbonyl (C=O) groups is 2. The lowest BCUT2D eigenvalue weighted by molar-refractivity contribution is -0.136. The van der Waals surface area contributed by atoms with Crippen molar-refractivity contribution in [1.29, 1.82) is 0 Å². The topological polar surface area (TPSA) is 96.1 Å². The molecular weight excluding hydrogens is 344 g/mol. The van der Waals surface area contributed by atoms with Crippen molar-refractivity contribution in [3.8, 4) is 5.75 Å². The summed E-state index contributed by atoms with van der Waals surface area (Å²) >= 11 is 0. The maximum absolute atomic E-state index is 12.3. The monoisotopic (exact) mass is 366 g/mol. The van der Waals surface area contributed by atoms with Crippen LogP contribution in [0.5, 0.6) is 5.75 Å². The Balaban J connectivity index is 1.68. The highest BCUT2D eigenvalue weighted by Crippen LogP contribution is 2.26. The van der Waals surface area contributed by atoms with Crippen LogP contribution in [0.4, 0.5) is 5.69 Å². The minimum atomic E-state index is -0.730. The van der Waals surface area contributed by atoms with E-state index in [0.717, 1.165) is 22.0 Å². The first-order valence-corrected chi connectivity index (χ1v) is 8.76. The van der Waals surface area contributed by atoms with Gasteiger partial charge in [-0.1, -0.05) is 17.7 Å². The van der Waals surface area contributed by atoms with E-state index in [1.807, 2.05) is 45.0 Å². The van der Waals surface area contributed by atoms with Gasteiger partial charge in [-0.2, -0.15) is 5.10 Å². The highest BCUT2D eigenvalue weighted by molar-refractivity contribution is 6.39. The molecule has 0 saturated heterocycles. The Bertz CT molecular complexity index is 980. The maximum Gasteiger partial charge on any atom is 0.313 e. The van der Waals surface area contributed by atoms with Crippen LogP contribution in [0, 0.1) is 6.92 Å². The fourth-order valence-electron chi connectivity index (χ4n) is 2.84. The van der Waals surface area contributed by atoms with E-state index < -0.39 is 11.8 Å². The van der Waals surface area contributed by atoms with Crippen LogP contribution < -0.4 is 15.4 Å². The van der Waals surface area contributed by atoms with Gasteiger partial charge < -0.3 is 15.4 Å². The second kappa shape index (κ2) is 7.90. The predicted octanol–water partition coefficient (Wildman–Crippen LogP) is 3.09. The highest BCUT2D eigenvalue weighted by Gasteiger charge is 2.20. The largest absolute Gasteiger partial charge is 0.494 e. The van der Waals surface area contributed by atoms with Crippen molar-refractivity contribution in [2.75, 3.05) is 11.9 Å². The number of aryl methyl sites for hydroxylation is 1. The molecule has 0 bridgehead atoms. The van der Waals surface area contributed by atoms with Crippen molar-refractivity contribution in [2.24, 2.45) is 0 Å². The summed E-state index contributed by atoms with van der Waals surface area (Å²) in [4.78, 5) is 24.6. The number of hydrogen-bond donors (Lipinski definition) is 3. The molecule has 0 radical (unpaired) electrons. The average molecular weight is 366 g/mol. The van der Waals surface area contributed by atoms with Crippen LogP contribution in [0.25, 0.3) is 10.9 Å². The van der Waals surface area contributed by atoms with E-state index in [1.54, 1.807) is 18.3 Å². The number of fused-ring (bicyclic) bond motifs is 1. The molecule has 0 aliphatic heterocycles. The molecule has 3 N–H and O–H groups in total. The zero-order chi connectivity index (χ0) is 19.4. The molecule has 0 saturated carbocycles. The molecule has 3 rings (SSSR count). The van der Waals surface area contributed by atoms with E-state index in [4.69, 9.17) is 4.74 Å². The van der Waals surface area contributed by atoms with Crippen molar-refractivity contribution in [2.45, 2.75) is 26.8 Å². The van der Waals surface area contributed by atoms with Crippen LogP contribution in [-0.4, -0.2) is 28.6 Å². The molecule has 1 heterocycles. The molecule has 1 unspecified atom stereocenters. The van der Waals surface area contributed by atoms with Gasteiger partial charge in [-0.15, -0.1) is 0 Å². The van der Waals surface area contributed by atoms with Gasteiger partial charge in [0.25, 0.3) is 0 Å². The van der Waals surface area contributed by atoms with E-state index in [9.17, 15) is 9.59 Å². The minimum Gasteiger partial charge on any atom is -0.494 e. The third-order valence-corrected chi connectivity index (χ3v) is 4.19. The standard InChI is InChI=1S/C20H22N4O3/c1-4-27-18-8-5-12(2)9-16(18)13(3)22-19(25)20(26)23-15-7-6-14-11-21-24-17(14)10-15/h5-11,13H,4H2,1-3H3,(H,21,24)(H,22,25)(H,23,26). The Hall–Kier alpha value is -3.35. The van der Waals surface area contributed by atoms with Crippen LogP contribution in [0.2, 0.25) is 0 Å². The lowest BCUT2D eigenvalue weighted by Gasteiger charge is -2.18. The molecule has 7 heteroatoms. The van der Waals surface area contributed by atoms with Crippen LogP contribution >= 0.6 is 0 Å². The highest BCUT2D eigenvalue weighted by atomic mass is 16.5. The maximum atomic E-state index is 12.3. The molecule has 1 atom stereocenters. The lowest BCUT2D eigenvalue weighted by Crippen LogP contribution is -2.37. The molecular formula is C20H22N4O3. The third-order valence-electron chi connectivity index (χ3n) is 4.19. The van der Waals surface area contributed by atoms with E-state index in [2.05, 4.69) is 20.8 Å². The Morgan fingerprint density at radius 3 is 2.78 bits per heavy atom. The molecule has 140 valence electrons. The number of H-pyrrole nitrogens is 1. The molecule has 1 aromatic heterocycles. The van der Waals surface area contributed by atoms with Gasteiger partial charge in [0.1, 0.15) is 5.75 Å². The van der Waals surface area contributed by atoms with E-state index >= 15 is 0 Å². The summed E-state index contributed by atoms with van der Waals surface area (Å²) in [6, 6.07) is 10.7. The zero-order valence-electron chi connectivity index (χ0n) is 15.5. The van der Waals surface area contributed by atoms with Gasteiger partial charge in [0.2, 0.25) is 0 Å². The summed E-state index contributed by atoms with van der Waals surface area (Å²) in [6.07, 6.45) is 1.69. The van der Waals surface area contributed by atoms with Crippen LogP contribution in [0.3, 0.4) is 0 Å². The number of ether oxygens (including phenoxy) is 1. The second-order valence-corrected chi connectivity index (χ2v) is 6.30. The van der Waals surface area contributed by atoms with Crippen LogP contribution in [0.1, 0.15) is 31.0 Å². The van der Waals surface area contributed by atoms with E-state index in [1.165, 1.54) is 0 Å². The number of nitrogens with zero attached hydrogens (tertiary/aromatic N) is 1. The molecule has 0 aliphatic rings. The average Bonchev–Trinajstić information content (AvgIpc) is 3.11. The third kappa shape index (κ3) is 4.25. The molecule has 0 spiro atoms. The summed E-state index contributed by atoms with van der Waals surface area (Å²) in [5.74, 6) is -0.747. The van der Waals surface area contributed by atoms with Gasteiger partial charge in [0.15, 0.2) is 0 Å². The Morgan fingerprint density at radius 1 is 1.19 bits per heavy atom. The number of aromatic amines is 1. The molecule has 27 heavy (non-hydrogen) atoms. The zero-order valence-corrected chi connectivity index (χ0v) is 15.5. The quantitative estimate of drug-likeness (QED) is 0.605. The number of anilines is 1. The number of hydrogen-bond acceptors (Lipinski definition) is 4. The number of aromatic nitrogens is 2. The van der Waals surface area contributed by atoms with Crippen molar-refractivity contribution >= 4 is 28.4 Å². The molecule has 2 aromatic carbocycles. The first-order chi connectivity index (χ1) is 13.0. The van der Waals surface area contributed by atoms with Crippen molar-refractivity contribution in [1.82, 2.24) is 15.5 Å². The van der Waals surface area contributed by atoms with E-state index in [0.29, 0.717) is 18.0 Å². The molecule has 7 nitrogen and oxygen atoms in total.